The molecule has 8 heteroatoms. The van der Waals surface area contributed by atoms with Gasteiger partial charge in [0.15, 0.2) is 0 Å². The predicted octanol–water partition coefficient (Wildman–Crippen LogP) is 6.02. The number of rotatable bonds is 7. The van der Waals surface area contributed by atoms with E-state index in [2.05, 4.69) is 15.3 Å². The number of pyridine rings is 1. The minimum absolute atomic E-state index is 0.241. The topological polar surface area (TPSA) is 64.1 Å². The molecule has 0 aliphatic heterocycles. The van der Waals surface area contributed by atoms with E-state index in [9.17, 15) is 4.79 Å². The molecular weight excluding hydrogens is 453 g/mol. The Morgan fingerprint density at radius 2 is 1.84 bits per heavy atom. The number of carbonyl (C=O) groups is 1. The zero-order valence-corrected chi connectivity index (χ0v) is 18.5. The van der Waals surface area contributed by atoms with Crippen LogP contribution < -0.4 is 10.1 Å². The molecule has 0 unspecified atom stereocenters. The quantitative estimate of drug-likeness (QED) is 0.359. The summed E-state index contributed by atoms with van der Waals surface area (Å²) in [5.41, 5.74) is 2.95. The number of nitrogens with zero attached hydrogens (tertiary/aromatic N) is 2. The molecule has 156 valence electrons. The van der Waals surface area contributed by atoms with Crippen LogP contribution in [-0.2, 0) is 13.2 Å². The van der Waals surface area contributed by atoms with Crippen LogP contribution in [-0.4, -0.2) is 15.9 Å². The third-order valence-corrected chi connectivity index (χ3v) is 6.02. The Hall–Kier alpha value is -2.93. The number of hydrogen-bond donors (Lipinski definition) is 1. The van der Waals surface area contributed by atoms with Crippen molar-refractivity contribution in [3.05, 3.63) is 99.2 Å². The maximum Gasteiger partial charge on any atom is 0.271 e. The molecule has 2 aromatic carbocycles. The van der Waals surface area contributed by atoms with Crippen LogP contribution in [0.15, 0.2) is 72.4 Å². The summed E-state index contributed by atoms with van der Waals surface area (Å²) in [6.07, 6.45) is 3.37. The summed E-state index contributed by atoms with van der Waals surface area (Å²) in [4.78, 5) is 20.8. The highest BCUT2D eigenvalue weighted by Gasteiger charge is 2.14. The monoisotopic (exact) mass is 469 g/mol. The zero-order chi connectivity index (χ0) is 21.6. The smallest absolute Gasteiger partial charge is 0.271 e. The molecule has 0 spiro atoms. The lowest BCUT2D eigenvalue weighted by atomic mass is 10.2. The summed E-state index contributed by atoms with van der Waals surface area (Å²) in [5.74, 6) is 0.385. The molecule has 31 heavy (non-hydrogen) atoms. The summed E-state index contributed by atoms with van der Waals surface area (Å²) in [6, 6.07) is 16.6. The molecule has 5 nitrogen and oxygen atoms in total. The van der Waals surface area contributed by atoms with E-state index < -0.39 is 0 Å². The van der Waals surface area contributed by atoms with Gasteiger partial charge in [-0.1, -0.05) is 41.4 Å². The van der Waals surface area contributed by atoms with Gasteiger partial charge in [-0.2, -0.15) is 0 Å². The Kier molecular flexibility index (Phi) is 6.82. The van der Waals surface area contributed by atoms with Gasteiger partial charge in [-0.25, -0.2) is 4.98 Å². The van der Waals surface area contributed by atoms with Crippen LogP contribution in [0.3, 0.4) is 0 Å². The molecule has 0 saturated carbocycles. The zero-order valence-electron chi connectivity index (χ0n) is 16.2. The summed E-state index contributed by atoms with van der Waals surface area (Å²) in [7, 11) is 0. The second kappa shape index (κ2) is 9.92. The Morgan fingerprint density at radius 1 is 1.03 bits per heavy atom. The molecule has 0 aliphatic carbocycles. The van der Waals surface area contributed by atoms with Crippen molar-refractivity contribution >= 4 is 40.4 Å². The van der Waals surface area contributed by atoms with Gasteiger partial charge in [-0.15, -0.1) is 11.3 Å². The Bertz CT molecular complexity index is 1200. The summed E-state index contributed by atoms with van der Waals surface area (Å²) in [5, 5.41) is 6.39. The van der Waals surface area contributed by atoms with Gasteiger partial charge < -0.3 is 10.1 Å². The van der Waals surface area contributed by atoms with E-state index in [1.54, 1.807) is 23.8 Å². The van der Waals surface area contributed by atoms with Crippen LogP contribution in [0.2, 0.25) is 10.0 Å². The van der Waals surface area contributed by atoms with E-state index in [1.807, 2.05) is 48.5 Å². The molecule has 4 rings (SSSR count). The van der Waals surface area contributed by atoms with Crippen molar-refractivity contribution < 1.29 is 9.53 Å². The molecule has 0 aliphatic rings. The van der Waals surface area contributed by atoms with Crippen molar-refractivity contribution in [3.8, 4) is 16.3 Å². The third-order valence-electron chi connectivity index (χ3n) is 4.46. The maximum absolute atomic E-state index is 12.4. The van der Waals surface area contributed by atoms with Crippen LogP contribution in [0.4, 0.5) is 0 Å². The van der Waals surface area contributed by atoms with Crippen LogP contribution >= 0.6 is 34.5 Å². The SMILES string of the molecule is O=C(NCc1ccncc1)c1csc(-c2ccc(OCc3ccccc3Cl)cc2Cl)n1. The van der Waals surface area contributed by atoms with E-state index >= 15 is 0 Å². The van der Waals surface area contributed by atoms with E-state index in [-0.39, 0.29) is 5.91 Å². The van der Waals surface area contributed by atoms with Crippen LogP contribution in [0.5, 0.6) is 5.75 Å². The van der Waals surface area contributed by atoms with Crippen molar-refractivity contribution in [1.82, 2.24) is 15.3 Å². The molecule has 0 saturated heterocycles. The largest absolute Gasteiger partial charge is 0.489 e. The Labute approximate surface area is 193 Å². The number of amides is 1. The van der Waals surface area contributed by atoms with Crippen molar-refractivity contribution in [2.75, 3.05) is 0 Å². The van der Waals surface area contributed by atoms with E-state index in [0.29, 0.717) is 39.6 Å². The number of ether oxygens (including phenoxy) is 1. The van der Waals surface area contributed by atoms with E-state index in [1.165, 1.54) is 11.3 Å². The maximum atomic E-state index is 12.4. The van der Waals surface area contributed by atoms with Gasteiger partial charge in [0, 0.05) is 40.5 Å². The standard InChI is InChI=1S/C23H17Cl2N3O2S/c24-19-4-2-1-3-16(19)13-30-17-5-6-18(20(25)11-17)23-28-21(14-31-23)22(29)27-12-15-7-9-26-10-8-15/h1-11,14H,12-13H2,(H,27,29). The van der Waals surface area contributed by atoms with Gasteiger partial charge in [0.25, 0.3) is 5.91 Å². The number of nitrogens with one attached hydrogen (secondary N) is 1. The molecule has 2 aromatic heterocycles. The van der Waals surface area contributed by atoms with Crippen LogP contribution in [0, 0.1) is 0 Å². The lowest BCUT2D eigenvalue weighted by Gasteiger charge is -2.09. The fourth-order valence-corrected chi connectivity index (χ4v) is 4.16. The van der Waals surface area contributed by atoms with Gasteiger partial charge in [0.2, 0.25) is 0 Å². The molecule has 0 fully saturated rings. The first kappa shape index (κ1) is 21.3. The minimum Gasteiger partial charge on any atom is -0.489 e. The fraction of sp³-hybridized carbons (Fsp3) is 0.0870. The van der Waals surface area contributed by atoms with Gasteiger partial charge >= 0.3 is 0 Å². The molecule has 1 amide bonds. The Balaban J connectivity index is 1.41. The number of halogens is 2. The highest BCUT2D eigenvalue weighted by molar-refractivity contribution is 7.13. The number of carbonyl (C=O) groups excluding carboxylic acids is 1. The summed E-state index contributed by atoms with van der Waals surface area (Å²) >= 11 is 14.0. The number of hydrogen-bond acceptors (Lipinski definition) is 5. The first-order chi connectivity index (χ1) is 15.1. The van der Waals surface area contributed by atoms with Gasteiger partial charge in [-0.3, -0.25) is 9.78 Å². The van der Waals surface area contributed by atoms with Gasteiger partial charge in [-0.05, 0) is 42.0 Å². The summed E-state index contributed by atoms with van der Waals surface area (Å²) in [6.45, 7) is 0.751. The van der Waals surface area contributed by atoms with Crippen molar-refractivity contribution in [2.24, 2.45) is 0 Å². The van der Waals surface area contributed by atoms with E-state index in [4.69, 9.17) is 27.9 Å². The van der Waals surface area contributed by atoms with Gasteiger partial charge in [0.05, 0.1) is 5.02 Å². The second-order valence-corrected chi connectivity index (χ2v) is 8.27. The van der Waals surface area contributed by atoms with E-state index in [0.717, 1.165) is 16.7 Å². The highest BCUT2D eigenvalue weighted by atomic mass is 35.5. The van der Waals surface area contributed by atoms with Crippen molar-refractivity contribution in [2.45, 2.75) is 13.2 Å². The molecule has 0 atom stereocenters. The van der Waals surface area contributed by atoms with Crippen molar-refractivity contribution in [3.63, 3.8) is 0 Å². The first-order valence-corrected chi connectivity index (χ1v) is 11.0. The minimum atomic E-state index is -0.241. The summed E-state index contributed by atoms with van der Waals surface area (Å²) < 4.78 is 5.81. The molecule has 2 heterocycles. The molecule has 1 N–H and O–H groups in total. The molecule has 0 bridgehead atoms. The molecular formula is C23H17Cl2N3O2S. The van der Waals surface area contributed by atoms with Crippen LogP contribution in [0.25, 0.3) is 10.6 Å². The average Bonchev–Trinajstić information content (AvgIpc) is 3.28. The predicted molar refractivity (Wildman–Crippen MR) is 124 cm³/mol. The lowest BCUT2D eigenvalue weighted by molar-refractivity contribution is 0.0946. The third kappa shape index (κ3) is 5.41. The highest BCUT2D eigenvalue weighted by Crippen LogP contribution is 2.33. The number of aromatic nitrogens is 2. The lowest BCUT2D eigenvalue weighted by Crippen LogP contribution is -2.23. The Morgan fingerprint density at radius 3 is 2.61 bits per heavy atom. The van der Waals surface area contributed by atoms with Crippen LogP contribution in [0.1, 0.15) is 21.6 Å². The molecule has 4 aromatic rings. The van der Waals surface area contributed by atoms with Gasteiger partial charge in [0.1, 0.15) is 23.1 Å². The molecule has 0 radical (unpaired) electrons. The number of thiazole rings is 1. The number of benzene rings is 2. The average molecular weight is 470 g/mol. The second-order valence-electron chi connectivity index (χ2n) is 6.60. The normalized spacial score (nSPS) is 10.6. The van der Waals surface area contributed by atoms with Crippen molar-refractivity contribution in [1.29, 1.82) is 0 Å². The first-order valence-electron chi connectivity index (χ1n) is 9.39. The fourth-order valence-electron chi connectivity index (χ4n) is 2.81.